The maximum absolute atomic E-state index is 5.01. The van der Waals surface area contributed by atoms with E-state index in [1.807, 2.05) is 24.3 Å². The van der Waals surface area contributed by atoms with Crippen molar-refractivity contribution < 1.29 is 0 Å². The highest BCUT2D eigenvalue weighted by Crippen LogP contribution is 2.30. The summed E-state index contributed by atoms with van der Waals surface area (Å²) in [6.45, 7) is 14.8. The molecule has 0 amide bonds. The Labute approximate surface area is 214 Å². The van der Waals surface area contributed by atoms with Gasteiger partial charge in [-0.15, -0.1) is 0 Å². The molecule has 0 aliphatic carbocycles. The van der Waals surface area contributed by atoms with E-state index in [4.69, 9.17) is 19.9 Å². The first kappa shape index (κ1) is 24.2. The second-order valence-corrected chi connectivity index (χ2v) is 11.1. The Balaban J connectivity index is 1.46. The lowest BCUT2D eigenvalue weighted by molar-refractivity contribution is 0.590. The third kappa shape index (κ3) is 4.90. The minimum Gasteiger partial charge on any atom is -0.354 e. The molecule has 36 heavy (non-hydrogen) atoms. The van der Waals surface area contributed by atoms with Crippen LogP contribution in [0, 0.1) is 6.92 Å². The van der Waals surface area contributed by atoms with Gasteiger partial charge >= 0.3 is 0 Å². The summed E-state index contributed by atoms with van der Waals surface area (Å²) in [6, 6.07) is 16.8. The van der Waals surface area contributed by atoms with Crippen LogP contribution in [0.1, 0.15) is 68.9 Å². The fourth-order valence-corrected chi connectivity index (χ4v) is 4.76. The number of aromatic nitrogens is 4. The van der Waals surface area contributed by atoms with Crippen LogP contribution in [0.15, 0.2) is 48.5 Å². The minimum atomic E-state index is 0.128. The van der Waals surface area contributed by atoms with Crippen LogP contribution in [0.2, 0.25) is 0 Å². The first-order valence-electron chi connectivity index (χ1n) is 12.9. The summed E-state index contributed by atoms with van der Waals surface area (Å²) in [5.74, 6) is 3.03. The van der Waals surface area contributed by atoms with E-state index >= 15 is 0 Å². The molecule has 1 N–H and O–H groups in total. The highest BCUT2D eigenvalue weighted by Gasteiger charge is 2.23. The van der Waals surface area contributed by atoms with Crippen LogP contribution in [-0.2, 0) is 18.3 Å². The molecule has 2 aromatic heterocycles. The second-order valence-electron chi connectivity index (χ2n) is 11.1. The number of hydrogen-bond acceptors (Lipinski definition) is 6. The van der Waals surface area contributed by atoms with Gasteiger partial charge in [-0.2, -0.15) is 0 Å². The van der Waals surface area contributed by atoms with Crippen LogP contribution in [0.5, 0.6) is 0 Å². The van der Waals surface area contributed by atoms with Gasteiger partial charge in [0.1, 0.15) is 11.6 Å². The number of benzene rings is 2. The minimum absolute atomic E-state index is 0.128. The van der Waals surface area contributed by atoms with E-state index in [1.54, 1.807) is 0 Å². The van der Waals surface area contributed by atoms with Gasteiger partial charge in [-0.25, -0.2) is 19.9 Å². The van der Waals surface area contributed by atoms with Crippen molar-refractivity contribution in [2.24, 2.45) is 0 Å². The molecule has 0 unspecified atom stereocenters. The largest absolute Gasteiger partial charge is 0.354 e. The Hall–Kier alpha value is -3.54. The Morgan fingerprint density at radius 3 is 2.17 bits per heavy atom. The van der Waals surface area contributed by atoms with Gasteiger partial charge in [-0.1, -0.05) is 58.9 Å². The van der Waals surface area contributed by atoms with E-state index < -0.39 is 0 Å². The lowest BCUT2D eigenvalue weighted by atomic mass is 9.87. The molecule has 0 atom stereocenters. The van der Waals surface area contributed by atoms with Crippen molar-refractivity contribution >= 4 is 28.4 Å². The predicted octanol–water partition coefficient (Wildman–Crippen LogP) is 6.50. The lowest BCUT2D eigenvalue weighted by Gasteiger charge is -2.23. The smallest absolute Gasteiger partial charge is 0.150 e. The van der Waals surface area contributed by atoms with Crippen LogP contribution in [0.25, 0.3) is 11.0 Å². The second kappa shape index (κ2) is 9.49. The van der Waals surface area contributed by atoms with E-state index in [0.29, 0.717) is 0 Å². The van der Waals surface area contributed by atoms with Crippen LogP contribution in [-0.4, -0.2) is 33.0 Å². The monoisotopic (exact) mass is 480 g/mol. The van der Waals surface area contributed by atoms with E-state index in [9.17, 15) is 0 Å². The molecule has 5 rings (SSSR count). The SMILES string of the molecule is Cc1nc2ccccc2nc1N1CCc2nc(C(C)C)nc(Nc3ccc(C(C)(C)C)cc3)c2CC1. The fraction of sp³-hybridized carbons (Fsp3) is 0.400. The Morgan fingerprint density at radius 1 is 0.833 bits per heavy atom. The molecule has 4 aromatic rings. The van der Waals surface area contributed by atoms with Crippen LogP contribution in [0.3, 0.4) is 0 Å². The molecule has 1 aliphatic rings. The summed E-state index contributed by atoms with van der Waals surface area (Å²) < 4.78 is 0. The highest BCUT2D eigenvalue weighted by molar-refractivity contribution is 5.76. The summed E-state index contributed by atoms with van der Waals surface area (Å²) in [4.78, 5) is 22.1. The van der Waals surface area contributed by atoms with Gasteiger partial charge in [-0.3, -0.25) is 0 Å². The number of rotatable bonds is 4. The van der Waals surface area contributed by atoms with Crippen LogP contribution >= 0.6 is 0 Å². The molecule has 1 aliphatic heterocycles. The Morgan fingerprint density at radius 2 is 1.50 bits per heavy atom. The average molecular weight is 481 g/mol. The first-order valence-corrected chi connectivity index (χ1v) is 12.9. The molecule has 0 radical (unpaired) electrons. The van der Waals surface area contributed by atoms with Crippen LogP contribution in [0.4, 0.5) is 17.3 Å². The molecule has 3 heterocycles. The van der Waals surface area contributed by atoms with Crippen molar-refractivity contribution in [3.63, 3.8) is 0 Å². The average Bonchev–Trinajstić information content (AvgIpc) is 3.06. The van der Waals surface area contributed by atoms with Gasteiger partial charge in [0, 0.05) is 36.7 Å². The van der Waals surface area contributed by atoms with Crippen molar-refractivity contribution in [2.45, 2.75) is 65.7 Å². The molecule has 0 bridgehead atoms. The lowest BCUT2D eigenvalue weighted by Crippen LogP contribution is -2.28. The van der Waals surface area contributed by atoms with Crippen molar-refractivity contribution in [1.82, 2.24) is 19.9 Å². The number of nitrogens with zero attached hydrogens (tertiary/aromatic N) is 5. The standard InChI is InChI=1S/C30H36N6/c1-19(2)27-33-24-16-18-36(29-20(3)31-25-9-7-8-10-26(25)34-29)17-15-23(24)28(35-27)32-22-13-11-21(12-14-22)30(4,5)6/h7-14,19H,15-18H2,1-6H3,(H,32,33,35). The fourth-order valence-electron chi connectivity index (χ4n) is 4.76. The maximum atomic E-state index is 5.01. The number of nitrogens with one attached hydrogen (secondary N) is 1. The molecule has 0 spiro atoms. The molecule has 186 valence electrons. The maximum Gasteiger partial charge on any atom is 0.150 e. The molecule has 6 nitrogen and oxygen atoms in total. The third-order valence-corrected chi connectivity index (χ3v) is 6.91. The topological polar surface area (TPSA) is 66.8 Å². The number of anilines is 3. The molecule has 0 saturated carbocycles. The summed E-state index contributed by atoms with van der Waals surface area (Å²) in [6.07, 6.45) is 1.70. The van der Waals surface area contributed by atoms with Crippen LogP contribution < -0.4 is 10.2 Å². The highest BCUT2D eigenvalue weighted by atomic mass is 15.2. The Kier molecular flexibility index (Phi) is 6.37. The quantitative estimate of drug-likeness (QED) is 0.360. The zero-order valence-corrected chi connectivity index (χ0v) is 22.3. The molecular formula is C30H36N6. The van der Waals surface area contributed by atoms with Crippen molar-refractivity contribution in [3.05, 3.63) is 76.9 Å². The zero-order valence-electron chi connectivity index (χ0n) is 22.3. The molecule has 0 saturated heterocycles. The molecule has 2 aromatic carbocycles. The Bertz CT molecular complexity index is 1390. The van der Waals surface area contributed by atoms with Gasteiger partial charge in [0.15, 0.2) is 5.82 Å². The van der Waals surface area contributed by atoms with Gasteiger partial charge in [-0.05, 0) is 48.6 Å². The summed E-state index contributed by atoms with van der Waals surface area (Å²) in [7, 11) is 0. The van der Waals surface area contributed by atoms with E-state index in [0.717, 1.165) is 71.5 Å². The summed E-state index contributed by atoms with van der Waals surface area (Å²) >= 11 is 0. The van der Waals surface area contributed by atoms with Gasteiger partial charge in [0.25, 0.3) is 0 Å². The number of fused-ring (bicyclic) bond motifs is 2. The third-order valence-electron chi connectivity index (χ3n) is 6.91. The number of aryl methyl sites for hydroxylation is 1. The molecule has 0 fully saturated rings. The summed E-state index contributed by atoms with van der Waals surface area (Å²) in [5, 5.41) is 3.63. The molecular weight excluding hydrogens is 444 g/mol. The van der Waals surface area contributed by atoms with Crippen molar-refractivity contribution in [3.8, 4) is 0 Å². The normalized spacial score (nSPS) is 14.1. The van der Waals surface area contributed by atoms with Crippen molar-refractivity contribution in [1.29, 1.82) is 0 Å². The summed E-state index contributed by atoms with van der Waals surface area (Å²) in [5.41, 5.74) is 7.67. The van der Waals surface area contributed by atoms with Gasteiger partial charge in [0.2, 0.25) is 0 Å². The van der Waals surface area contributed by atoms with E-state index in [2.05, 4.69) is 76.0 Å². The van der Waals surface area contributed by atoms with Gasteiger partial charge < -0.3 is 10.2 Å². The molecule has 6 heteroatoms. The van der Waals surface area contributed by atoms with E-state index in [1.165, 1.54) is 11.1 Å². The van der Waals surface area contributed by atoms with Gasteiger partial charge in [0.05, 0.1) is 22.4 Å². The predicted molar refractivity (Wildman–Crippen MR) is 148 cm³/mol. The van der Waals surface area contributed by atoms with E-state index in [-0.39, 0.29) is 11.3 Å². The first-order chi connectivity index (χ1) is 17.2. The number of hydrogen-bond donors (Lipinski definition) is 1. The van der Waals surface area contributed by atoms with Crippen molar-refractivity contribution in [2.75, 3.05) is 23.3 Å². The number of para-hydroxylation sites is 2. The zero-order chi connectivity index (χ0) is 25.4.